The Labute approximate surface area is 88.4 Å². The maximum atomic E-state index is 10.9. The van der Waals surface area contributed by atoms with Crippen LogP contribution in [0.1, 0.15) is 24.5 Å². The third kappa shape index (κ3) is 3.25. The minimum Gasteiger partial charge on any atom is -0.392 e. The molecule has 0 radical (unpaired) electrons. The van der Waals surface area contributed by atoms with Gasteiger partial charge in [0, 0.05) is 12.0 Å². The molecule has 0 atom stereocenters. The first-order valence-corrected chi connectivity index (χ1v) is 4.75. The highest BCUT2D eigenvalue weighted by Crippen LogP contribution is 2.20. The predicted octanol–water partition coefficient (Wildman–Crippen LogP) is 1.73. The van der Waals surface area contributed by atoms with E-state index in [9.17, 15) is 4.79 Å². The van der Waals surface area contributed by atoms with Gasteiger partial charge in [-0.1, -0.05) is 19.1 Å². The molecular formula is C11H14O4. The molecule has 4 heteroatoms. The van der Waals surface area contributed by atoms with E-state index in [4.69, 9.17) is 9.99 Å². The van der Waals surface area contributed by atoms with E-state index in [1.54, 1.807) is 19.1 Å². The van der Waals surface area contributed by atoms with Crippen molar-refractivity contribution in [3.63, 3.8) is 0 Å². The molecule has 0 spiro atoms. The number of carbonyl (C=O) groups is 1. The van der Waals surface area contributed by atoms with E-state index in [0.29, 0.717) is 11.3 Å². The van der Waals surface area contributed by atoms with Gasteiger partial charge in [-0.05, 0) is 18.6 Å². The summed E-state index contributed by atoms with van der Waals surface area (Å²) in [5.41, 5.74) is 1.55. The van der Waals surface area contributed by atoms with Crippen molar-refractivity contribution in [3.8, 4) is 5.75 Å². The summed E-state index contributed by atoms with van der Waals surface area (Å²) in [6.07, 6.45) is 0.250. The average Bonchev–Trinajstić information content (AvgIpc) is 2.26. The molecule has 0 saturated carbocycles. The smallest absolute Gasteiger partial charge is 0.355 e. The van der Waals surface area contributed by atoms with Crippen molar-refractivity contribution in [2.45, 2.75) is 26.9 Å². The standard InChI is InChI=1S/C11H14O4/c1-3-11(13)15-14-10-6-8(2)4-5-9(10)7-12/h4-6,12H,3,7H2,1-2H3. The van der Waals surface area contributed by atoms with Gasteiger partial charge in [0.15, 0.2) is 5.75 Å². The molecule has 15 heavy (non-hydrogen) atoms. The summed E-state index contributed by atoms with van der Waals surface area (Å²) in [7, 11) is 0. The molecule has 1 aromatic rings. The summed E-state index contributed by atoms with van der Waals surface area (Å²) < 4.78 is 0. The predicted molar refractivity (Wildman–Crippen MR) is 54.1 cm³/mol. The average molecular weight is 210 g/mol. The number of aliphatic hydroxyl groups is 1. The number of carbonyl (C=O) groups excluding carboxylic acids is 1. The molecule has 1 rings (SSSR count). The van der Waals surface area contributed by atoms with Gasteiger partial charge in [-0.3, -0.25) is 9.78 Å². The van der Waals surface area contributed by atoms with E-state index in [0.717, 1.165) is 5.56 Å². The van der Waals surface area contributed by atoms with E-state index in [-0.39, 0.29) is 13.0 Å². The summed E-state index contributed by atoms with van der Waals surface area (Å²) in [4.78, 5) is 20.2. The topological polar surface area (TPSA) is 55.8 Å². The third-order valence-corrected chi connectivity index (χ3v) is 1.91. The third-order valence-electron chi connectivity index (χ3n) is 1.91. The van der Waals surface area contributed by atoms with Gasteiger partial charge in [-0.15, -0.1) is 0 Å². The molecule has 0 aromatic heterocycles. The van der Waals surface area contributed by atoms with E-state index in [1.807, 2.05) is 13.0 Å². The lowest BCUT2D eigenvalue weighted by atomic mass is 10.1. The lowest BCUT2D eigenvalue weighted by molar-refractivity contribution is -0.213. The minimum atomic E-state index is -0.444. The quantitative estimate of drug-likeness (QED) is 0.607. The molecule has 0 unspecified atom stereocenters. The highest BCUT2D eigenvalue weighted by molar-refractivity contribution is 5.68. The maximum Gasteiger partial charge on any atom is 0.355 e. The van der Waals surface area contributed by atoms with Crippen molar-refractivity contribution < 1.29 is 19.7 Å². The van der Waals surface area contributed by atoms with Gasteiger partial charge in [0.1, 0.15) is 0 Å². The van der Waals surface area contributed by atoms with Crippen LogP contribution in [0.4, 0.5) is 0 Å². The van der Waals surface area contributed by atoms with Crippen LogP contribution in [0.25, 0.3) is 0 Å². The number of aliphatic hydroxyl groups excluding tert-OH is 1. The molecular weight excluding hydrogens is 196 g/mol. The lowest BCUT2D eigenvalue weighted by Gasteiger charge is -2.08. The molecule has 0 amide bonds. The molecule has 0 aliphatic rings. The maximum absolute atomic E-state index is 10.9. The van der Waals surface area contributed by atoms with Crippen LogP contribution < -0.4 is 4.89 Å². The monoisotopic (exact) mass is 210 g/mol. The Bertz CT molecular complexity index is 346. The fourth-order valence-corrected chi connectivity index (χ4v) is 1.02. The van der Waals surface area contributed by atoms with Gasteiger partial charge in [0.2, 0.25) is 0 Å². The van der Waals surface area contributed by atoms with Crippen LogP contribution in [-0.4, -0.2) is 11.1 Å². The first-order chi connectivity index (χ1) is 7.17. The van der Waals surface area contributed by atoms with E-state index in [1.165, 1.54) is 0 Å². The Morgan fingerprint density at radius 3 is 2.80 bits per heavy atom. The van der Waals surface area contributed by atoms with Gasteiger partial charge in [0.05, 0.1) is 6.61 Å². The lowest BCUT2D eigenvalue weighted by Crippen LogP contribution is -2.07. The molecule has 0 fully saturated rings. The van der Waals surface area contributed by atoms with E-state index in [2.05, 4.69) is 4.89 Å². The van der Waals surface area contributed by atoms with Crippen molar-refractivity contribution >= 4 is 5.97 Å². The number of rotatable bonds is 4. The Kier molecular flexibility index (Phi) is 4.12. The Morgan fingerprint density at radius 2 is 2.20 bits per heavy atom. The largest absolute Gasteiger partial charge is 0.392 e. The van der Waals surface area contributed by atoms with E-state index < -0.39 is 5.97 Å². The second-order valence-electron chi connectivity index (χ2n) is 3.16. The molecule has 4 nitrogen and oxygen atoms in total. The number of hydrogen-bond donors (Lipinski definition) is 1. The Hall–Kier alpha value is -1.55. The van der Waals surface area contributed by atoms with Crippen molar-refractivity contribution in [1.29, 1.82) is 0 Å². The van der Waals surface area contributed by atoms with Crippen LogP contribution in [0, 0.1) is 6.92 Å². The van der Waals surface area contributed by atoms with Crippen molar-refractivity contribution in [3.05, 3.63) is 29.3 Å². The number of benzene rings is 1. The summed E-state index contributed by atoms with van der Waals surface area (Å²) in [6.45, 7) is 3.41. The molecule has 0 heterocycles. The van der Waals surface area contributed by atoms with E-state index >= 15 is 0 Å². The summed E-state index contributed by atoms with van der Waals surface area (Å²) >= 11 is 0. The molecule has 0 aliphatic carbocycles. The van der Waals surface area contributed by atoms with Gasteiger partial charge < -0.3 is 5.11 Å². The molecule has 0 aliphatic heterocycles. The van der Waals surface area contributed by atoms with Crippen molar-refractivity contribution in [1.82, 2.24) is 0 Å². The molecule has 0 saturated heterocycles. The highest BCUT2D eigenvalue weighted by Gasteiger charge is 2.07. The number of hydrogen-bond acceptors (Lipinski definition) is 4. The van der Waals surface area contributed by atoms with Crippen LogP contribution >= 0.6 is 0 Å². The van der Waals surface area contributed by atoms with Crippen molar-refractivity contribution in [2.24, 2.45) is 0 Å². The van der Waals surface area contributed by atoms with Crippen LogP contribution in [0.5, 0.6) is 5.75 Å². The van der Waals surface area contributed by atoms with Gasteiger partial charge in [-0.25, -0.2) is 4.79 Å². The summed E-state index contributed by atoms with van der Waals surface area (Å²) in [6, 6.07) is 5.28. The first-order valence-electron chi connectivity index (χ1n) is 4.75. The minimum absolute atomic E-state index is 0.153. The van der Waals surface area contributed by atoms with Crippen LogP contribution in [0.3, 0.4) is 0 Å². The van der Waals surface area contributed by atoms with Gasteiger partial charge in [-0.2, -0.15) is 0 Å². The van der Waals surface area contributed by atoms with Crippen LogP contribution in [0.2, 0.25) is 0 Å². The molecule has 1 N–H and O–H groups in total. The molecule has 0 bridgehead atoms. The zero-order chi connectivity index (χ0) is 11.3. The van der Waals surface area contributed by atoms with Crippen LogP contribution in [-0.2, 0) is 16.3 Å². The second-order valence-corrected chi connectivity index (χ2v) is 3.16. The molecule has 1 aromatic carbocycles. The van der Waals surface area contributed by atoms with Crippen molar-refractivity contribution in [2.75, 3.05) is 0 Å². The first kappa shape index (κ1) is 11.5. The number of aryl methyl sites for hydroxylation is 1. The summed E-state index contributed by atoms with van der Waals surface area (Å²) in [5.74, 6) is -0.0697. The highest BCUT2D eigenvalue weighted by atomic mass is 17.2. The zero-order valence-corrected chi connectivity index (χ0v) is 8.82. The molecule has 82 valence electrons. The van der Waals surface area contributed by atoms with Crippen LogP contribution in [0.15, 0.2) is 18.2 Å². The Balaban J connectivity index is 2.74. The summed E-state index contributed by atoms with van der Waals surface area (Å²) in [5, 5.41) is 9.01. The fraction of sp³-hybridized carbons (Fsp3) is 0.364. The fourth-order valence-electron chi connectivity index (χ4n) is 1.02. The SMILES string of the molecule is CCC(=O)OOc1cc(C)ccc1CO. The zero-order valence-electron chi connectivity index (χ0n) is 8.82. The Morgan fingerprint density at radius 1 is 1.47 bits per heavy atom. The van der Waals surface area contributed by atoms with Gasteiger partial charge >= 0.3 is 5.97 Å². The second kappa shape index (κ2) is 5.36. The normalized spacial score (nSPS) is 9.80. The van der Waals surface area contributed by atoms with Gasteiger partial charge in [0.25, 0.3) is 0 Å².